The zero-order valence-electron chi connectivity index (χ0n) is 9.75. The second-order valence-corrected chi connectivity index (χ2v) is 4.79. The quantitative estimate of drug-likeness (QED) is 0.918. The Balaban J connectivity index is 2.12. The molecular weight excluding hydrogens is 314 g/mol. The van der Waals surface area contributed by atoms with Gasteiger partial charge in [0.2, 0.25) is 0 Å². The Hall–Kier alpha value is -1.93. The van der Waals surface area contributed by atoms with Crippen molar-refractivity contribution in [3.05, 3.63) is 63.6 Å². The molecular formula is C14H9BrF2N2. The van der Waals surface area contributed by atoms with Gasteiger partial charge in [0, 0.05) is 22.8 Å². The molecule has 0 saturated heterocycles. The summed E-state index contributed by atoms with van der Waals surface area (Å²) in [4.78, 5) is 0. The molecule has 0 aromatic heterocycles. The molecule has 1 N–H and O–H groups in total. The number of benzene rings is 2. The first kappa shape index (κ1) is 13.5. The summed E-state index contributed by atoms with van der Waals surface area (Å²) in [5.41, 5.74) is 1.80. The highest BCUT2D eigenvalue weighted by atomic mass is 79.9. The van der Waals surface area contributed by atoms with E-state index in [9.17, 15) is 8.78 Å². The number of nitrogens with zero attached hydrogens (tertiary/aromatic N) is 1. The molecule has 19 heavy (non-hydrogen) atoms. The van der Waals surface area contributed by atoms with Gasteiger partial charge in [-0.1, -0.05) is 0 Å². The van der Waals surface area contributed by atoms with Crippen molar-refractivity contribution in [3.8, 4) is 6.07 Å². The molecule has 2 aromatic rings. The minimum atomic E-state index is -0.601. The molecule has 96 valence electrons. The molecule has 0 spiro atoms. The highest BCUT2D eigenvalue weighted by molar-refractivity contribution is 9.10. The number of hydrogen-bond donors (Lipinski definition) is 1. The Labute approximate surface area is 117 Å². The molecule has 0 bridgehead atoms. The van der Waals surface area contributed by atoms with E-state index in [0.29, 0.717) is 17.7 Å². The van der Waals surface area contributed by atoms with Gasteiger partial charge in [-0.3, -0.25) is 0 Å². The van der Waals surface area contributed by atoms with Crippen LogP contribution in [0.1, 0.15) is 11.1 Å². The van der Waals surface area contributed by atoms with Gasteiger partial charge < -0.3 is 5.32 Å². The topological polar surface area (TPSA) is 35.8 Å². The van der Waals surface area contributed by atoms with E-state index in [4.69, 9.17) is 5.26 Å². The summed E-state index contributed by atoms with van der Waals surface area (Å²) < 4.78 is 26.8. The van der Waals surface area contributed by atoms with Gasteiger partial charge in [0.15, 0.2) is 0 Å². The van der Waals surface area contributed by atoms with Crippen molar-refractivity contribution in [3.63, 3.8) is 0 Å². The molecule has 0 aliphatic rings. The number of rotatable bonds is 3. The van der Waals surface area contributed by atoms with Crippen LogP contribution in [-0.2, 0) is 6.54 Å². The summed E-state index contributed by atoms with van der Waals surface area (Å²) in [6.07, 6.45) is 0. The Morgan fingerprint density at radius 3 is 2.37 bits per heavy atom. The maximum Gasteiger partial charge on any atom is 0.126 e. The first-order chi connectivity index (χ1) is 9.08. The lowest BCUT2D eigenvalue weighted by Gasteiger charge is -2.09. The van der Waals surface area contributed by atoms with E-state index in [-0.39, 0.29) is 0 Å². The van der Waals surface area contributed by atoms with Crippen LogP contribution in [0.3, 0.4) is 0 Å². The van der Waals surface area contributed by atoms with Crippen LogP contribution in [-0.4, -0.2) is 0 Å². The zero-order valence-corrected chi connectivity index (χ0v) is 11.3. The third-order valence-electron chi connectivity index (χ3n) is 2.50. The van der Waals surface area contributed by atoms with Crippen molar-refractivity contribution in [2.75, 3.05) is 5.32 Å². The summed E-state index contributed by atoms with van der Waals surface area (Å²) in [5, 5.41) is 11.8. The molecule has 2 rings (SSSR count). The third-order valence-corrected chi connectivity index (χ3v) is 3.16. The van der Waals surface area contributed by atoms with Crippen LogP contribution in [0.15, 0.2) is 40.9 Å². The van der Waals surface area contributed by atoms with Crippen molar-refractivity contribution in [1.82, 2.24) is 0 Å². The normalized spacial score (nSPS) is 10.0. The summed E-state index contributed by atoms with van der Waals surface area (Å²) in [7, 11) is 0. The summed E-state index contributed by atoms with van der Waals surface area (Å²) >= 11 is 3.33. The maximum absolute atomic E-state index is 13.0. The van der Waals surface area contributed by atoms with Crippen molar-refractivity contribution >= 4 is 21.6 Å². The number of anilines is 1. The number of nitriles is 1. The van der Waals surface area contributed by atoms with Crippen molar-refractivity contribution in [2.24, 2.45) is 0 Å². The predicted octanol–water partition coefficient (Wildman–Crippen LogP) is 4.21. The van der Waals surface area contributed by atoms with Gasteiger partial charge in [-0.15, -0.1) is 0 Å². The molecule has 5 heteroatoms. The van der Waals surface area contributed by atoms with E-state index in [0.717, 1.165) is 16.2 Å². The van der Waals surface area contributed by atoms with E-state index in [2.05, 4.69) is 21.2 Å². The second kappa shape index (κ2) is 5.81. The number of halogens is 3. The summed E-state index contributed by atoms with van der Waals surface area (Å²) in [6, 6.07) is 10.5. The summed E-state index contributed by atoms with van der Waals surface area (Å²) in [6.45, 7) is 0.291. The lowest BCUT2D eigenvalue weighted by atomic mass is 10.2. The van der Waals surface area contributed by atoms with Gasteiger partial charge in [-0.2, -0.15) is 5.26 Å². The summed E-state index contributed by atoms with van der Waals surface area (Å²) in [5.74, 6) is -1.20. The molecule has 0 aliphatic carbocycles. The van der Waals surface area contributed by atoms with Gasteiger partial charge in [-0.25, -0.2) is 8.78 Å². The van der Waals surface area contributed by atoms with Crippen LogP contribution in [0.4, 0.5) is 14.5 Å². The average Bonchev–Trinajstić information content (AvgIpc) is 2.36. The Kier molecular flexibility index (Phi) is 4.13. The zero-order chi connectivity index (χ0) is 13.8. The number of hydrogen-bond acceptors (Lipinski definition) is 2. The molecule has 0 heterocycles. The standard InChI is InChI=1S/C14H9BrF2N2/c15-13-5-9(7-18)1-2-14(13)19-8-10-3-11(16)6-12(17)4-10/h1-6,19H,8H2. The van der Waals surface area contributed by atoms with Crippen molar-refractivity contribution in [1.29, 1.82) is 5.26 Å². The highest BCUT2D eigenvalue weighted by Gasteiger charge is 2.03. The maximum atomic E-state index is 13.0. The van der Waals surface area contributed by atoms with Crippen molar-refractivity contribution in [2.45, 2.75) is 6.54 Å². The first-order valence-electron chi connectivity index (χ1n) is 5.47. The molecule has 0 aliphatic heterocycles. The molecule has 0 atom stereocenters. The van der Waals surface area contributed by atoms with Crippen LogP contribution in [0.25, 0.3) is 0 Å². The van der Waals surface area contributed by atoms with Gasteiger partial charge in [0.1, 0.15) is 11.6 Å². The first-order valence-corrected chi connectivity index (χ1v) is 6.26. The molecule has 0 unspecified atom stereocenters. The molecule has 2 aromatic carbocycles. The Bertz CT molecular complexity index is 630. The molecule has 0 amide bonds. The highest BCUT2D eigenvalue weighted by Crippen LogP contribution is 2.24. The molecule has 0 saturated carbocycles. The van der Waals surface area contributed by atoms with Crippen LogP contribution >= 0.6 is 15.9 Å². The molecule has 0 fully saturated rings. The van der Waals surface area contributed by atoms with Gasteiger partial charge in [0.25, 0.3) is 0 Å². The number of nitrogens with one attached hydrogen (secondary N) is 1. The lowest BCUT2D eigenvalue weighted by molar-refractivity contribution is 0.580. The van der Waals surface area contributed by atoms with E-state index in [1.54, 1.807) is 18.2 Å². The monoisotopic (exact) mass is 322 g/mol. The fourth-order valence-electron chi connectivity index (χ4n) is 1.64. The van der Waals surface area contributed by atoms with Gasteiger partial charge >= 0.3 is 0 Å². The largest absolute Gasteiger partial charge is 0.380 e. The SMILES string of the molecule is N#Cc1ccc(NCc2cc(F)cc(F)c2)c(Br)c1. The second-order valence-electron chi connectivity index (χ2n) is 3.94. The minimum absolute atomic E-state index is 0.291. The van der Waals surface area contributed by atoms with Crippen LogP contribution in [0.5, 0.6) is 0 Å². The van der Waals surface area contributed by atoms with Crippen molar-refractivity contribution < 1.29 is 8.78 Å². The van der Waals surface area contributed by atoms with E-state index >= 15 is 0 Å². The molecule has 2 nitrogen and oxygen atoms in total. The fourth-order valence-corrected chi connectivity index (χ4v) is 2.16. The van der Waals surface area contributed by atoms with Crippen LogP contribution in [0, 0.1) is 23.0 Å². The van der Waals surface area contributed by atoms with E-state index < -0.39 is 11.6 Å². The van der Waals surface area contributed by atoms with Crippen LogP contribution < -0.4 is 5.32 Å². The average molecular weight is 323 g/mol. The Morgan fingerprint density at radius 1 is 1.11 bits per heavy atom. The smallest absolute Gasteiger partial charge is 0.126 e. The van der Waals surface area contributed by atoms with Gasteiger partial charge in [0.05, 0.1) is 11.6 Å². The third kappa shape index (κ3) is 3.52. The van der Waals surface area contributed by atoms with E-state index in [1.807, 2.05) is 6.07 Å². The lowest BCUT2D eigenvalue weighted by Crippen LogP contribution is -2.01. The fraction of sp³-hybridized carbons (Fsp3) is 0.0714. The molecule has 0 radical (unpaired) electrons. The van der Waals surface area contributed by atoms with Gasteiger partial charge in [-0.05, 0) is 51.8 Å². The predicted molar refractivity (Wildman–Crippen MR) is 72.5 cm³/mol. The minimum Gasteiger partial charge on any atom is -0.380 e. The van der Waals surface area contributed by atoms with E-state index in [1.165, 1.54) is 12.1 Å². The Morgan fingerprint density at radius 2 is 1.79 bits per heavy atom. The van der Waals surface area contributed by atoms with Crippen LogP contribution in [0.2, 0.25) is 0 Å².